The summed E-state index contributed by atoms with van der Waals surface area (Å²) in [6.45, 7) is 17.0. The van der Waals surface area contributed by atoms with Gasteiger partial charge in [-0.15, -0.1) is 0 Å². The molecule has 0 fully saturated rings. The number of hydrogen-bond acceptors (Lipinski definition) is 2. The molecule has 0 amide bonds. The second-order valence-corrected chi connectivity index (χ2v) is 13.1. The summed E-state index contributed by atoms with van der Waals surface area (Å²) in [4.78, 5) is 4.61. The fraction of sp³-hybridized carbons (Fsp3) is 0.182. The predicted molar refractivity (Wildman–Crippen MR) is 201 cm³/mol. The van der Waals surface area contributed by atoms with Crippen LogP contribution in [-0.4, -0.2) is 0 Å². The highest BCUT2D eigenvalue weighted by Gasteiger charge is 2.16. The minimum atomic E-state index is 0.253. The molecule has 5 aromatic rings. The van der Waals surface area contributed by atoms with E-state index < -0.39 is 0 Å². The van der Waals surface area contributed by atoms with Gasteiger partial charge >= 0.3 is 0 Å². The van der Waals surface area contributed by atoms with Gasteiger partial charge in [0.25, 0.3) is 0 Å². The summed E-state index contributed by atoms with van der Waals surface area (Å²) >= 11 is 0. The van der Waals surface area contributed by atoms with E-state index in [4.69, 9.17) is 0 Å². The maximum absolute atomic E-state index is 3.86. The Balaban J connectivity index is 1.45. The molecule has 232 valence electrons. The van der Waals surface area contributed by atoms with Crippen LogP contribution < -0.4 is 9.80 Å². The van der Waals surface area contributed by atoms with Crippen molar-refractivity contribution in [3.05, 3.63) is 175 Å². The fourth-order valence-corrected chi connectivity index (χ4v) is 5.73. The Hall–Kier alpha value is -5.08. The molecule has 0 saturated heterocycles. The lowest BCUT2D eigenvalue weighted by molar-refractivity contribution is 0.411. The van der Waals surface area contributed by atoms with Gasteiger partial charge in [-0.25, -0.2) is 0 Å². The highest BCUT2D eigenvalue weighted by atomic mass is 15.1. The van der Waals surface area contributed by atoms with E-state index in [0.29, 0.717) is 0 Å². The number of allylic oxidation sites excluding steroid dienone is 4. The van der Waals surface area contributed by atoms with Crippen LogP contribution in [0, 0.1) is 19.3 Å². The van der Waals surface area contributed by atoms with Crippen LogP contribution in [0.1, 0.15) is 44.4 Å². The predicted octanol–water partition coefficient (Wildman–Crippen LogP) is 12.8. The van der Waals surface area contributed by atoms with Crippen LogP contribution in [0.25, 0.3) is 11.1 Å². The van der Waals surface area contributed by atoms with Gasteiger partial charge in [-0.1, -0.05) is 117 Å². The molecule has 0 spiro atoms. The number of benzene rings is 5. The molecule has 0 heterocycles. The van der Waals surface area contributed by atoms with Crippen molar-refractivity contribution in [1.29, 1.82) is 0 Å². The van der Waals surface area contributed by atoms with Gasteiger partial charge < -0.3 is 9.80 Å². The summed E-state index contributed by atoms with van der Waals surface area (Å²) in [6, 6.07) is 44.2. The number of aryl methyl sites for hydroxylation is 2. The largest absolute Gasteiger partial charge is 0.311 e. The highest BCUT2D eigenvalue weighted by Crippen LogP contribution is 2.37. The number of hydrogen-bond donors (Lipinski definition) is 0. The maximum Gasteiger partial charge on any atom is 0.0462 e. The monoisotopic (exact) mass is 602 g/mol. The van der Waals surface area contributed by atoms with Crippen molar-refractivity contribution in [2.45, 2.75) is 48.0 Å². The topological polar surface area (TPSA) is 6.48 Å². The van der Waals surface area contributed by atoms with Crippen LogP contribution in [-0.2, 0) is 6.42 Å². The van der Waals surface area contributed by atoms with Gasteiger partial charge in [-0.3, -0.25) is 0 Å². The van der Waals surface area contributed by atoms with Crippen molar-refractivity contribution in [1.82, 2.24) is 0 Å². The van der Waals surface area contributed by atoms with Gasteiger partial charge in [0.2, 0.25) is 0 Å². The summed E-state index contributed by atoms with van der Waals surface area (Å²) < 4.78 is 0. The summed E-state index contributed by atoms with van der Waals surface area (Å²) in [5.41, 5.74) is 13.2. The van der Waals surface area contributed by atoms with Crippen LogP contribution in [0.4, 0.5) is 28.4 Å². The van der Waals surface area contributed by atoms with Gasteiger partial charge in [0.05, 0.1) is 0 Å². The Morgan fingerprint density at radius 1 is 0.587 bits per heavy atom. The summed E-state index contributed by atoms with van der Waals surface area (Å²) in [6.07, 6.45) is 9.07. The zero-order valence-corrected chi connectivity index (χ0v) is 28.2. The van der Waals surface area contributed by atoms with Crippen LogP contribution >= 0.6 is 0 Å². The van der Waals surface area contributed by atoms with E-state index in [-0.39, 0.29) is 5.41 Å². The van der Waals surface area contributed by atoms with E-state index in [0.717, 1.165) is 40.6 Å². The first-order valence-electron chi connectivity index (χ1n) is 16.1. The first-order valence-corrected chi connectivity index (χ1v) is 16.1. The van der Waals surface area contributed by atoms with Crippen LogP contribution in [0.15, 0.2) is 158 Å². The minimum Gasteiger partial charge on any atom is -0.311 e. The van der Waals surface area contributed by atoms with Gasteiger partial charge in [0.15, 0.2) is 0 Å². The molecule has 0 bridgehead atoms. The third-order valence-electron chi connectivity index (χ3n) is 8.05. The molecule has 0 unspecified atom stereocenters. The van der Waals surface area contributed by atoms with Crippen molar-refractivity contribution in [2.75, 3.05) is 9.80 Å². The zero-order valence-electron chi connectivity index (χ0n) is 28.2. The van der Waals surface area contributed by atoms with Crippen molar-refractivity contribution in [3.8, 4) is 11.1 Å². The van der Waals surface area contributed by atoms with E-state index in [1.54, 1.807) is 0 Å². The fourth-order valence-electron chi connectivity index (χ4n) is 5.73. The molecule has 0 aliphatic heterocycles. The molecule has 0 aliphatic carbocycles. The quantitative estimate of drug-likeness (QED) is 0.147. The Morgan fingerprint density at radius 2 is 0.978 bits per heavy atom. The average molecular weight is 603 g/mol. The lowest BCUT2D eigenvalue weighted by Gasteiger charge is -2.27. The molecule has 0 saturated carbocycles. The Labute approximate surface area is 276 Å². The van der Waals surface area contributed by atoms with Gasteiger partial charge in [0.1, 0.15) is 0 Å². The lowest BCUT2D eigenvalue weighted by atomic mass is 9.88. The molecule has 0 aliphatic rings. The highest BCUT2D eigenvalue weighted by molar-refractivity contribution is 5.79. The van der Waals surface area contributed by atoms with Gasteiger partial charge in [-0.2, -0.15) is 0 Å². The van der Waals surface area contributed by atoms with Crippen LogP contribution in [0.2, 0.25) is 0 Å². The normalized spacial score (nSPS) is 11.9. The maximum atomic E-state index is 3.86. The third-order valence-corrected chi connectivity index (χ3v) is 8.05. The molecule has 0 atom stereocenters. The summed E-state index contributed by atoms with van der Waals surface area (Å²) in [5.74, 6) is 0. The first-order chi connectivity index (χ1) is 22.1. The van der Waals surface area contributed by atoms with Crippen molar-refractivity contribution in [3.63, 3.8) is 0 Å². The minimum absolute atomic E-state index is 0.253. The Morgan fingerprint density at radius 3 is 1.39 bits per heavy atom. The molecule has 0 radical (unpaired) electrons. The molecule has 0 aromatic heterocycles. The zero-order chi connectivity index (χ0) is 32.7. The molecule has 5 rings (SSSR count). The van der Waals surface area contributed by atoms with Crippen LogP contribution in [0.3, 0.4) is 0 Å². The van der Waals surface area contributed by atoms with Crippen molar-refractivity contribution >= 4 is 28.4 Å². The second-order valence-electron chi connectivity index (χ2n) is 13.1. The van der Waals surface area contributed by atoms with E-state index >= 15 is 0 Å². The molecule has 0 N–H and O–H groups in total. The Kier molecular flexibility index (Phi) is 10.1. The van der Waals surface area contributed by atoms with E-state index in [1.807, 2.05) is 12.2 Å². The first kappa shape index (κ1) is 32.3. The SMILES string of the molecule is C=C/C=C\C(=C/C)N(c1ccc(C)cc1)c1ccc(-c2ccc(N(c3ccc(C)cc3)c3ccc(CC(C)(C)C)cc3)cc2)cc1. The Bertz CT molecular complexity index is 1780. The van der Waals surface area contributed by atoms with E-state index in [2.05, 4.69) is 191 Å². The number of rotatable bonds is 10. The number of nitrogens with zero attached hydrogens (tertiary/aromatic N) is 2. The van der Waals surface area contributed by atoms with E-state index in [9.17, 15) is 0 Å². The van der Waals surface area contributed by atoms with E-state index in [1.165, 1.54) is 27.8 Å². The smallest absolute Gasteiger partial charge is 0.0462 e. The molecule has 2 heteroatoms. The number of anilines is 5. The average Bonchev–Trinajstić information content (AvgIpc) is 3.05. The van der Waals surface area contributed by atoms with Gasteiger partial charge in [0, 0.05) is 34.1 Å². The standard InChI is InChI=1S/C44H46N2/c1-8-10-11-38(9-2)45(39-22-12-33(3)13-23-39)42-28-18-36(19-29-42)37-20-30-43(31-21-37)46(40-24-14-34(4)15-25-40)41-26-16-35(17-27-41)32-44(5,6)7/h8-31H,1,32H2,2-7H3/b11-10-,38-9+. The summed E-state index contributed by atoms with van der Waals surface area (Å²) in [7, 11) is 0. The van der Waals surface area contributed by atoms with Crippen molar-refractivity contribution < 1.29 is 0 Å². The van der Waals surface area contributed by atoms with Crippen LogP contribution in [0.5, 0.6) is 0 Å². The molecular formula is C44H46N2. The molecule has 2 nitrogen and oxygen atoms in total. The molecule has 46 heavy (non-hydrogen) atoms. The molecular weight excluding hydrogens is 556 g/mol. The second kappa shape index (κ2) is 14.3. The van der Waals surface area contributed by atoms with Gasteiger partial charge in [-0.05, 0) is 116 Å². The third kappa shape index (κ3) is 7.95. The molecule has 5 aromatic carbocycles. The van der Waals surface area contributed by atoms with Crippen molar-refractivity contribution in [2.24, 2.45) is 5.41 Å². The lowest BCUT2D eigenvalue weighted by Crippen LogP contribution is -2.15. The summed E-state index contributed by atoms with van der Waals surface area (Å²) in [5, 5.41) is 0.